The Hall–Kier alpha value is -3.33. The van der Waals surface area contributed by atoms with Crippen LogP contribution in [0.15, 0.2) is 41.5 Å². The van der Waals surface area contributed by atoms with Gasteiger partial charge in [-0.25, -0.2) is 5.43 Å². The van der Waals surface area contributed by atoms with Gasteiger partial charge >= 0.3 is 5.69 Å². The summed E-state index contributed by atoms with van der Waals surface area (Å²) in [5.74, 6) is -0.623. The van der Waals surface area contributed by atoms with Crippen LogP contribution in [0.5, 0.6) is 17.2 Å². The summed E-state index contributed by atoms with van der Waals surface area (Å²) in [5.41, 5.74) is 2.47. The quantitative estimate of drug-likeness (QED) is 0.404. The number of phenols is 1. The Morgan fingerprint density at radius 2 is 2.07 bits per heavy atom. The number of para-hydroxylation sites is 2. The van der Waals surface area contributed by atoms with E-state index in [1.165, 1.54) is 36.5 Å². The van der Waals surface area contributed by atoms with Crippen molar-refractivity contribution in [2.24, 2.45) is 5.10 Å². The summed E-state index contributed by atoms with van der Waals surface area (Å²) in [4.78, 5) is 22.0. The van der Waals surface area contributed by atoms with Gasteiger partial charge in [0.1, 0.15) is 0 Å². The Labute approximate surface area is 159 Å². The number of amides is 1. The monoisotopic (exact) mass is 393 g/mol. The molecule has 0 radical (unpaired) electrons. The molecule has 2 aromatic rings. The predicted octanol–water partition coefficient (Wildman–Crippen LogP) is 2.88. The lowest BCUT2D eigenvalue weighted by Gasteiger charge is -2.08. The lowest BCUT2D eigenvalue weighted by Crippen LogP contribution is -2.24. The number of carbonyl (C=O) groups is 1. The normalized spacial score (nSPS) is 10.6. The second kappa shape index (κ2) is 9.39. The minimum Gasteiger partial charge on any atom is -0.503 e. The molecule has 0 fully saturated rings. The topological polar surface area (TPSA) is 123 Å². The van der Waals surface area contributed by atoms with Crippen LogP contribution in [0.25, 0.3) is 0 Å². The molecular weight excluding hydrogens is 378 g/mol. The van der Waals surface area contributed by atoms with Gasteiger partial charge in [0.25, 0.3) is 5.91 Å². The van der Waals surface area contributed by atoms with E-state index in [1.54, 1.807) is 13.0 Å². The van der Waals surface area contributed by atoms with Crippen molar-refractivity contribution in [1.29, 1.82) is 0 Å². The summed E-state index contributed by atoms with van der Waals surface area (Å²) < 4.78 is 10.4. The number of nitrogens with zero attached hydrogens (tertiary/aromatic N) is 2. The molecule has 0 atom stereocenters. The minimum absolute atomic E-state index is 0.0201. The number of carbonyl (C=O) groups excluding carboxylic acids is 1. The van der Waals surface area contributed by atoms with E-state index in [0.29, 0.717) is 12.2 Å². The zero-order valence-electron chi connectivity index (χ0n) is 14.2. The fraction of sp³-hybridized carbons (Fsp3) is 0.176. The molecule has 2 aromatic carbocycles. The maximum absolute atomic E-state index is 11.8. The third-order valence-electron chi connectivity index (χ3n) is 3.17. The molecule has 0 spiro atoms. The summed E-state index contributed by atoms with van der Waals surface area (Å²) >= 11 is 5.90. The van der Waals surface area contributed by atoms with Crippen molar-refractivity contribution in [2.45, 2.75) is 6.92 Å². The van der Waals surface area contributed by atoms with Gasteiger partial charge in [-0.05, 0) is 30.7 Å². The van der Waals surface area contributed by atoms with Crippen LogP contribution in [0, 0.1) is 10.1 Å². The molecule has 0 saturated carbocycles. The van der Waals surface area contributed by atoms with Crippen molar-refractivity contribution in [2.75, 3.05) is 13.2 Å². The largest absolute Gasteiger partial charge is 0.503 e. The van der Waals surface area contributed by atoms with Gasteiger partial charge in [0.15, 0.2) is 23.9 Å². The fourth-order valence-electron chi connectivity index (χ4n) is 2.02. The van der Waals surface area contributed by atoms with Crippen LogP contribution < -0.4 is 14.9 Å². The second-order valence-electron chi connectivity index (χ2n) is 5.09. The van der Waals surface area contributed by atoms with E-state index < -0.39 is 17.4 Å². The third kappa shape index (κ3) is 5.58. The van der Waals surface area contributed by atoms with Crippen molar-refractivity contribution in [3.63, 3.8) is 0 Å². The van der Waals surface area contributed by atoms with Crippen molar-refractivity contribution in [3.05, 3.63) is 57.1 Å². The van der Waals surface area contributed by atoms with E-state index >= 15 is 0 Å². The molecule has 0 unspecified atom stereocenters. The first-order valence-electron chi connectivity index (χ1n) is 7.75. The van der Waals surface area contributed by atoms with Crippen LogP contribution in [-0.2, 0) is 4.79 Å². The number of nitro benzene ring substituents is 1. The highest BCUT2D eigenvalue weighted by Gasteiger charge is 2.14. The van der Waals surface area contributed by atoms with Gasteiger partial charge in [-0.15, -0.1) is 0 Å². The van der Waals surface area contributed by atoms with Gasteiger partial charge in [0.05, 0.1) is 22.8 Å². The standard InChI is InChI=1S/C17H16ClN3O6/c1-2-26-15-8-11(7-12(18)17(15)23)9-19-20-16(22)10-27-14-6-4-3-5-13(14)21(24)25/h3-9,23H,2,10H2,1H3,(H,20,22)/b19-9+. The highest BCUT2D eigenvalue weighted by atomic mass is 35.5. The van der Waals surface area contributed by atoms with E-state index in [0.717, 1.165) is 0 Å². The molecule has 142 valence electrons. The molecule has 0 aliphatic heterocycles. The predicted molar refractivity (Wildman–Crippen MR) is 98.6 cm³/mol. The van der Waals surface area contributed by atoms with E-state index in [1.807, 2.05) is 0 Å². The number of ether oxygens (including phenoxy) is 2. The Balaban J connectivity index is 1.95. The molecule has 0 aromatic heterocycles. The SMILES string of the molecule is CCOc1cc(/C=N/NC(=O)COc2ccccc2[N+](=O)[O-])cc(Cl)c1O. The number of aromatic hydroxyl groups is 1. The lowest BCUT2D eigenvalue weighted by molar-refractivity contribution is -0.385. The van der Waals surface area contributed by atoms with E-state index in [-0.39, 0.29) is 28.0 Å². The zero-order chi connectivity index (χ0) is 19.8. The first kappa shape index (κ1) is 20.0. The highest BCUT2D eigenvalue weighted by Crippen LogP contribution is 2.34. The molecular formula is C17H16ClN3O6. The minimum atomic E-state index is -0.612. The lowest BCUT2D eigenvalue weighted by atomic mass is 10.2. The van der Waals surface area contributed by atoms with Crippen LogP contribution >= 0.6 is 11.6 Å². The summed E-state index contributed by atoms with van der Waals surface area (Å²) in [6.45, 7) is 1.64. The zero-order valence-corrected chi connectivity index (χ0v) is 15.0. The van der Waals surface area contributed by atoms with E-state index in [9.17, 15) is 20.0 Å². The van der Waals surface area contributed by atoms with Crippen LogP contribution in [0.2, 0.25) is 5.02 Å². The Morgan fingerprint density at radius 3 is 2.78 bits per heavy atom. The Morgan fingerprint density at radius 1 is 1.33 bits per heavy atom. The molecule has 2 rings (SSSR count). The summed E-state index contributed by atoms with van der Waals surface area (Å²) in [5, 5.41) is 24.5. The van der Waals surface area contributed by atoms with Crippen LogP contribution in [-0.4, -0.2) is 35.4 Å². The molecule has 0 aliphatic carbocycles. The number of nitrogens with one attached hydrogen (secondary N) is 1. The average Bonchev–Trinajstić information content (AvgIpc) is 2.64. The van der Waals surface area contributed by atoms with Gasteiger partial charge in [0.2, 0.25) is 0 Å². The van der Waals surface area contributed by atoms with Crippen LogP contribution in [0.4, 0.5) is 5.69 Å². The molecule has 10 heteroatoms. The Kier molecular flexibility index (Phi) is 6.95. The number of halogens is 1. The third-order valence-corrected chi connectivity index (χ3v) is 3.46. The van der Waals surface area contributed by atoms with Gasteiger partial charge < -0.3 is 14.6 Å². The highest BCUT2D eigenvalue weighted by molar-refractivity contribution is 6.32. The average molecular weight is 394 g/mol. The van der Waals surface area contributed by atoms with Gasteiger partial charge in [-0.2, -0.15) is 5.10 Å². The molecule has 0 aliphatic rings. The van der Waals surface area contributed by atoms with Crippen molar-refractivity contribution in [1.82, 2.24) is 5.43 Å². The summed E-state index contributed by atoms with van der Waals surface area (Å²) in [7, 11) is 0. The maximum atomic E-state index is 11.8. The van der Waals surface area contributed by atoms with E-state index in [2.05, 4.69) is 10.5 Å². The summed E-state index contributed by atoms with van der Waals surface area (Å²) in [6, 6.07) is 8.67. The van der Waals surface area contributed by atoms with E-state index in [4.69, 9.17) is 21.1 Å². The number of hydrogen-bond acceptors (Lipinski definition) is 7. The van der Waals surface area contributed by atoms with Gasteiger partial charge in [-0.1, -0.05) is 23.7 Å². The number of benzene rings is 2. The first-order chi connectivity index (χ1) is 12.9. The summed E-state index contributed by atoms with van der Waals surface area (Å²) in [6.07, 6.45) is 1.30. The molecule has 27 heavy (non-hydrogen) atoms. The molecule has 0 heterocycles. The molecule has 9 nitrogen and oxygen atoms in total. The number of nitro groups is 1. The first-order valence-corrected chi connectivity index (χ1v) is 8.13. The maximum Gasteiger partial charge on any atom is 0.310 e. The Bertz CT molecular complexity index is 872. The molecule has 0 saturated heterocycles. The number of rotatable bonds is 8. The number of hydrazone groups is 1. The van der Waals surface area contributed by atoms with Gasteiger partial charge in [0, 0.05) is 6.07 Å². The van der Waals surface area contributed by atoms with Crippen LogP contribution in [0.1, 0.15) is 12.5 Å². The number of phenolic OH excluding ortho intramolecular Hbond substituents is 1. The second-order valence-corrected chi connectivity index (χ2v) is 5.50. The van der Waals surface area contributed by atoms with Gasteiger partial charge in [-0.3, -0.25) is 14.9 Å². The van der Waals surface area contributed by atoms with Crippen molar-refractivity contribution in [3.8, 4) is 17.2 Å². The molecule has 0 bridgehead atoms. The fourth-order valence-corrected chi connectivity index (χ4v) is 2.24. The van der Waals surface area contributed by atoms with Crippen LogP contribution in [0.3, 0.4) is 0 Å². The number of hydrogen-bond donors (Lipinski definition) is 2. The van der Waals surface area contributed by atoms with Crippen molar-refractivity contribution >= 4 is 29.4 Å². The molecule has 1 amide bonds. The van der Waals surface area contributed by atoms with Crippen molar-refractivity contribution < 1.29 is 24.3 Å². The smallest absolute Gasteiger partial charge is 0.310 e. The molecule has 2 N–H and O–H groups in total.